The summed E-state index contributed by atoms with van der Waals surface area (Å²) < 4.78 is 0. The quantitative estimate of drug-likeness (QED) is 0.479. The lowest BCUT2D eigenvalue weighted by molar-refractivity contribution is -0.385. The highest BCUT2D eigenvalue weighted by molar-refractivity contribution is 6.01. The van der Waals surface area contributed by atoms with Crippen molar-refractivity contribution >= 4 is 11.5 Å². The Morgan fingerprint density at radius 3 is 2.74 bits per heavy atom. The number of rotatable bonds is 4. The van der Waals surface area contributed by atoms with Crippen LogP contribution in [0, 0.1) is 17.0 Å². The van der Waals surface area contributed by atoms with Crippen molar-refractivity contribution in [2.75, 3.05) is 0 Å². The number of pyridine rings is 1. The van der Waals surface area contributed by atoms with Gasteiger partial charge in [-0.2, -0.15) is 0 Å². The van der Waals surface area contributed by atoms with E-state index in [2.05, 4.69) is 4.98 Å². The van der Waals surface area contributed by atoms with E-state index in [0.29, 0.717) is 5.69 Å². The Labute approximate surface area is 110 Å². The topological polar surface area (TPSA) is 73.1 Å². The van der Waals surface area contributed by atoms with Crippen molar-refractivity contribution in [3.05, 3.63) is 69.5 Å². The van der Waals surface area contributed by atoms with Gasteiger partial charge in [0.05, 0.1) is 16.9 Å². The molecule has 0 fully saturated rings. The van der Waals surface area contributed by atoms with Crippen LogP contribution < -0.4 is 0 Å². The molecular weight excluding hydrogens is 244 g/mol. The van der Waals surface area contributed by atoms with E-state index in [4.69, 9.17) is 0 Å². The number of carbonyl (C=O) groups is 1. The molecule has 0 radical (unpaired) electrons. The lowest BCUT2D eigenvalue weighted by Gasteiger charge is -2.03. The molecule has 0 aliphatic heterocycles. The van der Waals surface area contributed by atoms with Crippen LogP contribution in [0.5, 0.6) is 0 Å². The van der Waals surface area contributed by atoms with Crippen molar-refractivity contribution in [2.45, 2.75) is 13.3 Å². The maximum Gasteiger partial charge on any atom is 0.280 e. The summed E-state index contributed by atoms with van der Waals surface area (Å²) in [6.45, 7) is 1.79. The largest absolute Gasteiger partial charge is 0.293 e. The average molecular weight is 256 g/mol. The summed E-state index contributed by atoms with van der Waals surface area (Å²) in [6.07, 6.45) is 1.65. The molecule has 0 N–H and O–H groups in total. The minimum atomic E-state index is -0.537. The molecule has 0 spiro atoms. The monoisotopic (exact) mass is 256 g/mol. The number of nitrogens with zero attached hydrogens (tertiary/aromatic N) is 2. The number of carbonyl (C=O) groups excluding carboxylic acids is 1. The lowest BCUT2D eigenvalue weighted by Crippen LogP contribution is -2.08. The van der Waals surface area contributed by atoms with Gasteiger partial charge in [-0.3, -0.25) is 19.9 Å². The molecule has 0 amide bonds. The summed E-state index contributed by atoms with van der Waals surface area (Å²) in [5.41, 5.74) is 1.39. The number of benzene rings is 1. The summed E-state index contributed by atoms with van der Waals surface area (Å²) in [7, 11) is 0. The van der Waals surface area contributed by atoms with Gasteiger partial charge in [-0.25, -0.2) is 0 Å². The van der Waals surface area contributed by atoms with Crippen LogP contribution in [0.1, 0.15) is 21.6 Å². The third-order valence-electron chi connectivity index (χ3n) is 2.72. The van der Waals surface area contributed by atoms with E-state index in [1.807, 2.05) is 0 Å². The number of aromatic nitrogens is 1. The third-order valence-corrected chi connectivity index (χ3v) is 2.72. The summed E-state index contributed by atoms with van der Waals surface area (Å²) >= 11 is 0. The van der Waals surface area contributed by atoms with Crippen LogP contribution in [0.4, 0.5) is 5.69 Å². The maximum atomic E-state index is 12.1. The highest BCUT2D eigenvalue weighted by atomic mass is 16.6. The summed E-state index contributed by atoms with van der Waals surface area (Å²) in [5.74, 6) is -0.297. The molecular formula is C14H12N2O3. The molecule has 0 bridgehead atoms. The van der Waals surface area contributed by atoms with Crippen LogP contribution in [0.2, 0.25) is 0 Å². The van der Waals surface area contributed by atoms with E-state index < -0.39 is 4.92 Å². The first-order valence-corrected chi connectivity index (χ1v) is 5.76. The van der Waals surface area contributed by atoms with E-state index in [1.54, 1.807) is 43.5 Å². The normalized spacial score (nSPS) is 10.2. The third kappa shape index (κ3) is 3.01. The van der Waals surface area contributed by atoms with Crippen molar-refractivity contribution in [1.82, 2.24) is 4.98 Å². The van der Waals surface area contributed by atoms with E-state index in [9.17, 15) is 14.9 Å². The Hall–Kier alpha value is -2.56. The second-order valence-corrected chi connectivity index (χ2v) is 4.20. The van der Waals surface area contributed by atoms with Crippen LogP contribution in [0.3, 0.4) is 0 Å². The van der Waals surface area contributed by atoms with Gasteiger partial charge in [0.1, 0.15) is 0 Å². The SMILES string of the molecule is Cc1ccc([N+](=O)[O-])c(C(=O)Cc2ccccn2)c1. The molecule has 1 heterocycles. The van der Waals surface area contributed by atoms with Crippen molar-refractivity contribution in [3.8, 4) is 0 Å². The van der Waals surface area contributed by atoms with Gasteiger partial charge in [-0.05, 0) is 30.7 Å². The van der Waals surface area contributed by atoms with Gasteiger partial charge in [-0.1, -0.05) is 12.1 Å². The Kier molecular flexibility index (Phi) is 3.66. The average Bonchev–Trinajstić information content (AvgIpc) is 2.39. The van der Waals surface area contributed by atoms with E-state index in [0.717, 1.165) is 5.56 Å². The fourth-order valence-corrected chi connectivity index (χ4v) is 1.79. The molecule has 0 aliphatic rings. The van der Waals surface area contributed by atoms with Gasteiger partial charge >= 0.3 is 0 Å². The van der Waals surface area contributed by atoms with Gasteiger partial charge in [0, 0.05) is 18.0 Å². The zero-order chi connectivity index (χ0) is 13.8. The summed E-state index contributed by atoms with van der Waals surface area (Å²) in [5, 5.41) is 10.9. The lowest BCUT2D eigenvalue weighted by atomic mass is 10.0. The molecule has 0 unspecified atom stereocenters. The number of hydrogen-bond donors (Lipinski definition) is 0. The molecule has 0 aliphatic carbocycles. The van der Waals surface area contributed by atoms with Crippen LogP contribution in [-0.4, -0.2) is 15.7 Å². The van der Waals surface area contributed by atoms with Gasteiger partial charge in [-0.15, -0.1) is 0 Å². The van der Waals surface area contributed by atoms with Gasteiger partial charge in [0.25, 0.3) is 5.69 Å². The highest BCUT2D eigenvalue weighted by Gasteiger charge is 2.20. The molecule has 96 valence electrons. The number of ketones is 1. The summed E-state index contributed by atoms with van der Waals surface area (Å²) in [6, 6.07) is 9.78. The number of hydrogen-bond acceptors (Lipinski definition) is 4. The second-order valence-electron chi connectivity index (χ2n) is 4.20. The predicted octanol–water partition coefficient (Wildman–Crippen LogP) is 2.72. The molecule has 1 aromatic heterocycles. The molecule has 1 aromatic carbocycles. The predicted molar refractivity (Wildman–Crippen MR) is 70.1 cm³/mol. The van der Waals surface area contributed by atoms with Crippen LogP contribution >= 0.6 is 0 Å². The van der Waals surface area contributed by atoms with Gasteiger partial charge in [0.2, 0.25) is 0 Å². The number of nitro benzene ring substituents is 1. The fraction of sp³-hybridized carbons (Fsp3) is 0.143. The second kappa shape index (κ2) is 5.39. The summed E-state index contributed by atoms with van der Waals surface area (Å²) in [4.78, 5) is 26.6. The smallest absolute Gasteiger partial charge is 0.280 e. The molecule has 0 atom stereocenters. The Bertz CT molecular complexity index is 624. The first kappa shape index (κ1) is 12.9. The van der Waals surface area contributed by atoms with Crippen LogP contribution in [-0.2, 0) is 6.42 Å². The molecule has 2 rings (SSSR count). The Balaban J connectivity index is 2.33. The van der Waals surface area contributed by atoms with Crippen molar-refractivity contribution < 1.29 is 9.72 Å². The van der Waals surface area contributed by atoms with Crippen LogP contribution in [0.15, 0.2) is 42.6 Å². The van der Waals surface area contributed by atoms with Crippen molar-refractivity contribution in [1.29, 1.82) is 0 Å². The first-order chi connectivity index (χ1) is 9.08. The molecule has 2 aromatic rings. The maximum absolute atomic E-state index is 12.1. The van der Waals surface area contributed by atoms with E-state index in [1.165, 1.54) is 6.07 Å². The van der Waals surface area contributed by atoms with Gasteiger partial charge < -0.3 is 0 Å². The van der Waals surface area contributed by atoms with Gasteiger partial charge in [0.15, 0.2) is 5.78 Å². The molecule has 5 nitrogen and oxygen atoms in total. The Morgan fingerprint density at radius 1 is 1.32 bits per heavy atom. The van der Waals surface area contributed by atoms with Crippen molar-refractivity contribution in [3.63, 3.8) is 0 Å². The minimum Gasteiger partial charge on any atom is -0.293 e. The van der Waals surface area contributed by atoms with Crippen molar-refractivity contribution in [2.24, 2.45) is 0 Å². The molecule has 19 heavy (non-hydrogen) atoms. The molecule has 5 heteroatoms. The Morgan fingerprint density at radius 2 is 2.11 bits per heavy atom. The van der Waals surface area contributed by atoms with Crippen LogP contribution in [0.25, 0.3) is 0 Å². The van der Waals surface area contributed by atoms with E-state index >= 15 is 0 Å². The number of aryl methyl sites for hydroxylation is 1. The molecule has 0 saturated heterocycles. The zero-order valence-corrected chi connectivity index (χ0v) is 10.4. The zero-order valence-electron chi connectivity index (χ0n) is 10.4. The highest BCUT2D eigenvalue weighted by Crippen LogP contribution is 2.21. The standard InChI is InChI=1S/C14H12N2O3/c1-10-5-6-13(16(18)19)12(8-10)14(17)9-11-4-2-3-7-15-11/h2-8H,9H2,1H3. The fourth-order valence-electron chi connectivity index (χ4n) is 1.79. The molecule has 0 saturated carbocycles. The first-order valence-electron chi connectivity index (χ1n) is 5.76. The minimum absolute atomic E-state index is 0.0606. The van der Waals surface area contributed by atoms with E-state index in [-0.39, 0.29) is 23.5 Å². The number of Topliss-reactive ketones (excluding diaryl/α,β-unsaturated/α-hetero) is 1. The number of nitro groups is 1.